The normalized spacial score (nSPS) is 17.1. The molecule has 6 heteroatoms. The van der Waals surface area contributed by atoms with Gasteiger partial charge in [-0.1, -0.05) is 17.4 Å². The van der Waals surface area contributed by atoms with Crippen molar-refractivity contribution in [1.29, 1.82) is 0 Å². The zero-order valence-electron chi connectivity index (χ0n) is 7.97. The fourth-order valence-corrected chi connectivity index (χ4v) is 1.65. The number of nitrogens with one attached hydrogen (secondary N) is 1. The largest absolute Gasteiger partial charge is 0.392 e. The third-order valence-electron chi connectivity index (χ3n) is 2.36. The highest BCUT2D eigenvalue weighted by Crippen LogP contribution is 2.32. The van der Waals surface area contributed by atoms with Crippen LogP contribution in [0.25, 0.3) is 0 Å². The van der Waals surface area contributed by atoms with Crippen molar-refractivity contribution in [3.8, 4) is 0 Å². The molecule has 0 spiro atoms. The van der Waals surface area contributed by atoms with Crippen molar-refractivity contribution in [2.75, 3.05) is 0 Å². The number of carbonyl (C=O) groups excluding carboxylic acids is 1. The van der Waals surface area contributed by atoms with Gasteiger partial charge in [-0.15, -0.1) is 0 Å². The van der Waals surface area contributed by atoms with Gasteiger partial charge in [-0.25, -0.2) is 0 Å². The summed E-state index contributed by atoms with van der Waals surface area (Å²) in [6.07, 6.45) is 3.46. The van der Waals surface area contributed by atoms with Crippen LogP contribution in [0, 0.1) is 5.92 Å². The maximum absolute atomic E-state index is 11.6. The zero-order valence-corrected chi connectivity index (χ0v) is 8.79. The van der Waals surface area contributed by atoms with Crippen LogP contribution < -0.4 is 11.1 Å². The molecule has 3 N–H and O–H groups in total. The highest BCUT2D eigenvalue weighted by molar-refractivity contribution is 7.80. The van der Waals surface area contributed by atoms with Crippen molar-refractivity contribution in [3.05, 3.63) is 18.0 Å². The summed E-state index contributed by atoms with van der Waals surface area (Å²) in [6, 6.07) is 1.28. The second-order valence-corrected chi connectivity index (χ2v) is 4.05. The summed E-state index contributed by atoms with van der Waals surface area (Å²) < 4.78 is 4.58. The van der Waals surface area contributed by atoms with E-state index in [0.717, 1.165) is 12.8 Å². The van der Waals surface area contributed by atoms with Gasteiger partial charge in [0.2, 0.25) is 0 Å². The number of hydrogen-bond donors (Lipinski definition) is 2. The van der Waals surface area contributed by atoms with Gasteiger partial charge in [-0.05, 0) is 18.8 Å². The summed E-state index contributed by atoms with van der Waals surface area (Å²) >= 11 is 4.90. The predicted octanol–water partition coefficient (Wildman–Crippen LogP) is 0.469. The predicted molar refractivity (Wildman–Crippen MR) is 57.3 cm³/mol. The average Bonchev–Trinajstić information content (AvgIpc) is 2.87. The second kappa shape index (κ2) is 3.98. The molecule has 1 saturated carbocycles. The summed E-state index contributed by atoms with van der Waals surface area (Å²) in [4.78, 5) is 11.9. The minimum atomic E-state index is -0.298. The van der Waals surface area contributed by atoms with Crippen molar-refractivity contribution >= 4 is 23.1 Å². The molecule has 15 heavy (non-hydrogen) atoms. The molecule has 1 unspecified atom stereocenters. The van der Waals surface area contributed by atoms with Crippen molar-refractivity contribution in [2.24, 2.45) is 11.7 Å². The van der Waals surface area contributed by atoms with E-state index >= 15 is 0 Å². The van der Waals surface area contributed by atoms with Gasteiger partial charge in [0, 0.05) is 6.07 Å². The van der Waals surface area contributed by atoms with Crippen LogP contribution in [0.1, 0.15) is 23.3 Å². The second-order valence-electron chi connectivity index (χ2n) is 3.58. The Kier molecular flexibility index (Phi) is 2.68. The number of nitrogens with zero attached hydrogens (tertiary/aromatic N) is 1. The Hall–Kier alpha value is -1.43. The summed E-state index contributed by atoms with van der Waals surface area (Å²) in [6.45, 7) is 0. The topological polar surface area (TPSA) is 81.1 Å². The van der Waals surface area contributed by atoms with Crippen LogP contribution in [0.5, 0.6) is 0 Å². The van der Waals surface area contributed by atoms with Crippen molar-refractivity contribution in [3.63, 3.8) is 0 Å². The molecule has 1 fully saturated rings. The number of carbonyl (C=O) groups is 1. The van der Waals surface area contributed by atoms with Gasteiger partial charge in [0.25, 0.3) is 5.91 Å². The third kappa shape index (κ3) is 2.33. The van der Waals surface area contributed by atoms with Crippen LogP contribution in [0.15, 0.2) is 16.9 Å². The number of nitrogens with two attached hydrogens (primary N) is 1. The van der Waals surface area contributed by atoms with Gasteiger partial charge < -0.3 is 15.6 Å². The lowest BCUT2D eigenvalue weighted by atomic mass is 10.2. The van der Waals surface area contributed by atoms with Gasteiger partial charge in [-0.3, -0.25) is 4.79 Å². The van der Waals surface area contributed by atoms with Gasteiger partial charge in [0.15, 0.2) is 5.69 Å². The molecule has 1 atom stereocenters. The van der Waals surface area contributed by atoms with Gasteiger partial charge in [0.05, 0.1) is 11.0 Å². The van der Waals surface area contributed by atoms with E-state index in [9.17, 15) is 4.79 Å². The molecule has 0 bridgehead atoms. The van der Waals surface area contributed by atoms with Gasteiger partial charge in [-0.2, -0.15) is 0 Å². The lowest BCUT2D eigenvalue weighted by molar-refractivity contribution is 0.0934. The molecule has 0 aliphatic heterocycles. The summed E-state index contributed by atoms with van der Waals surface area (Å²) in [5, 5.41) is 6.29. The molecule has 0 saturated heterocycles. The first-order chi connectivity index (χ1) is 7.18. The fraction of sp³-hybridized carbons (Fsp3) is 0.444. The Morgan fingerprint density at radius 2 is 2.47 bits per heavy atom. The maximum Gasteiger partial charge on any atom is 0.274 e. The van der Waals surface area contributed by atoms with Crippen LogP contribution in [0.2, 0.25) is 0 Å². The van der Waals surface area contributed by atoms with Crippen LogP contribution >= 0.6 is 12.2 Å². The molecule has 1 aliphatic rings. The Bertz CT molecular complexity index is 373. The Morgan fingerprint density at radius 3 is 2.93 bits per heavy atom. The molecule has 2 rings (SSSR count). The van der Waals surface area contributed by atoms with E-state index in [4.69, 9.17) is 18.0 Å². The van der Waals surface area contributed by atoms with Crippen LogP contribution in [-0.4, -0.2) is 22.1 Å². The Labute approximate surface area is 92.0 Å². The zero-order chi connectivity index (χ0) is 10.8. The SMILES string of the molecule is NC(=S)C(NC(=O)c1ccon1)C1CC1. The number of hydrogen-bond acceptors (Lipinski definition) is 4. The highest BCUT2D eigenvalue weighted by atomic mass is 32.1. The van der Waals surface area contributed by atoms with Crippen LogP contribution in [0.3, 0.4) is 0 Å². The number of rotatable bonds is 4. The van der Waals surface area contributed by atoms with Crippen LogP contribution in [0.4, 0.5) is 0 Å². The summed E-state index contributed by atoms with van der Waals surface area (Å²) in [5.74, 6) is 0.0896. The molecular formula is C9H11N3O2S. The molecule has 5 nitrogen and oxygen atoms in total. The molecule has 0 aromatic carbocycles. The molecule has 1 aromatic heterocycles. The highest BCUT2D eigenvalue weighted by Gasteiger charge is 2.34. The average molecular weight is 225 g/mol. The fourth-order valence-electron chi connectivity index (χ4n) is 1.40. The monoisotopic (exact) mass is 225 g/mol. The van der Waals surface area contributed by atoms with Crippen molar-refractivity contribution < 1.29 is 9.32 Å². The van der Waals surface area contributed by atoms with Crippen molar-refractivity contribution in [2.45, 2.75) is 18.9 Å². The molecule has 80 valence electrons. The molecule has 1 aliphatic carbocycles. The minimum absolute atomic E-state index is 0.218. The van der Waals surface area contributed by atoms with Gasteiger partial charge in [0.1, 0.15) is 6.26 Å². The first-order valence-corrected chi connectivity index (χ1v) is 5.10. The Morgan fingerprint density at radius 1 is 1.73 bits per heavy atom. The van der Waals surface area contributed by atoms with E-state index in [1.54, 1.807) is 0 Å². The van der Waals surface area contributed by atoms with E-state index < -0.39 is 0 Å². The minimum Gasteiger partial charge on any atom is -0.392 e. The number of amides is 1. The number of aromatic nitrogens is 1. The van der Waals surface area contributed by atoms with E-state index in [1.165, 1.54) is 12.3 Å². The smallest absolute Gasteiger partial charge is 0.274 e. The molecule has 1 amide bonds. The molecule has 1 aromatic rings. The standard InChI is InChI=1S/C9H11N3O2S/c10-8(15)7(5-1-2-5)11-9(13)6-3-4-14-12-6/h3-5,7H,1-2H2,(H2,10,15)(H,11,13). The van der Waals surface area contributed by atoms with E-state index in [0.29, 0.717) is 10.9 Å². The van der Waals surface area contributed by atoms with Crippen molar-refractivity contribution in [1.82, 2.24) is 10.5 Å². The maximum atomic E-state index is 11.6. The molecule has 0 radical (unpaired) electrons. The van der Waals surface area contributed by atoms with E-state index in [2.05, 4.69) is 15.0 Å². The summed E-state index contributed by atoms with van der Waals surface area (Å²) in [5.41, 5.74) is 5.80. The lowest BCUT2D eigenvalue weighted by Crippen LogP contribution is -2.45. The first-order valence-electron chi connectivity index (χ1n) is 4.69. The van der Waals surface area contributed by atoms with Crippen LogP contribution in [-0.2, 0) is 0 Å². The molecular weight excluding hydrogens is 214 g/mol. The molecule has 1 heterocycles. The lowest BCUT2D eigenvalue weighted by Gasteiger charge is -2.15. The van der Waals surface area contributed by atoms with E-state index in [-0.39, 0.29) is 17.6 Å². The summed E-state index contributed by atoms with van der Waals surface area (Å²) in [7, 11) is 0. The third-order valence-corrected chi connectivity index (χ3v) is 2.61. The number of thiocarbonyl (C=S) groups is 1. The quantitative estimate of drug-likeness (QED) is 0.728. The first kappa shape index (κ1) is 10.1. The van der Waals surface area contributed by atoms with E-state index in [1.807, 2.05) is 0 Å². The Balaban J connectivity index is 2.00. The van der Waals surface area contributed by atoms with Gasteiger partial charge >= 0.3 is 0 Å².